The second kappa shape index (κ2) is 9.61. The van der Waals surface area contributed by atoms with Crippen LogP contribution in [0.15, 0.2) is 40.9 Å². The number of nitrogens with zero attached hydrogens (tertiary/aromatic N) is 2. The van der Waals surface area contributed by atoms with Crippen LogP contribution >= 0.6 is 11.3 Å². The first-order valence-corrected chi connectivity index (χ1v) is 11.3. The number of carbonyl (C=O) groups excluding carboxylic acids is 3. The highest BCUT2D eigenvalue weighted by Gasteiger charge is 2.36. The fraction of sp³-hybridized carbons (Fsp3) is 0.360. The number of thiophene rings is 1. The van der Waals surface area contributed by atoms with Crippen LogP contribution in [-0.4, -0.2) is 49.5 Å². The van der Waals surface area contributed by atoms with Gasteiger partial charge in [0.25, 0.3) is 0 Å². The first kappa shape index (κ1) is 23.6. The van der Waals surface area contributed by atoms with E-state index in [9.17, 15) is 14.4 Å². The summed E-state index contributed by atoms with van der Waals surface area (Å²) in [6.45, 7) is 5.82. The molecule has 0 N–H and O–H groups in total. The molecular formula is C25H28N2O4S. The monoisotopic (exact) mass is 452 g/mol. The van der Waals surface area contributed by atoms with Gasteiger partial charge in [0.15, 0.2) is 11.6 Å². The van der Waals surface area contributed by atoms with Gasteiger partial charge >= 0.3 is 5.97 Å². The molecule has 3 rings (SSSR count). The van der Waals surface area contributed by atoms with E-state index < -0.39 is 5.97 Å². The molecule has 1 heterocycles. The molecule has 7 heteroatoms. The maximum absolute atomic E-state index is 13.0. The average molecular weight is 453 g/mol. The van der Waals surface area contributed by atoms with Crippen molar-refractivity contribution in [2.75, 3.05) is 20.7 Å². The largest absolute Gasteiger partial charge is 0.462 e. The third-order valence-corrected chi connectivity index (χ3v) is 6.06. The summed E-state index contributed by atoms with van der Waals surface area (Å²) in [5.41, 5.74) is 1.59. The summed E-state index contributed by atoms with van der Waals surface area (Å²) in [5, 5.41) is 0.471. The maximum Gasteiger partial charge on any atom is 0.341 e. The number of rotatable bonds is 6. The van der Waals surface area contributed by atoms with Gasteiger partial charge in [0.05, 0.1) is 18.5 Å². The van der Waals surface area contributed by atoms with Crippen molar-refractivity contribution in [2.24, 2.45) is 10.4 Å². The second-order valence-electron chi connectivity index (χ2n) is 8.74. The van der Waals surface area contributed by atoms with Crippen LogP contribution in [0.5, 0.6) is 0 Å². The summed E-state index contributed by atoms with van der Waals surface area (Å²) in [5.74, 6) is -0.829. The van der Waals surface area contributed by atoms with Crippen molar-refractivity contribution in [2.45, 2.75) is 33.6 Å². The van der Waals surface area contributed by atoms with Crippen LogP contribution in [0.3, 0.4) is 0 Å². The Kier molecular flexibility index (Phi) is 7.09. The van der Waals surface area contributed by atoms with Crippen LogP contribution in [0, 0.1) is 5.41 Å². The van der Waals surface area contributed by atoms with E-state index in [1.165, 1.54) is 11.3 Å². The molecule has 6 nitrogen and oxygen atoms in total. The van der Waals surface area contributed by atoms with E-state index in [4.69, 9.17) is 4.74 Å². The summed E-state index contributed by atoms with van der Waals surface area (Å²) >= 11 is 1.27. The molecule has 0 aliphatic heterocycles. The molecule has 1 aromatic heterocycles. The van der Waals surface area contributed by atoms with Crippen LogP contribution in [-0.2, 0) is 14.3 Å². The van der Waals surface area contributed by atoms with E-state index in [0.717, 1.165) is 5.56 Å². The predicted octanol–water partition coefficient (Wildman–Crippen LogP) is 5.15. The third-order valence-electron chi connectivity index (χ3n) is 5.02. The van der Waals surface area contributed by atoms with E-state index in [-0.39, 0.29) is 29.2 Å². The van der Waals surface area contributed by atoms with Crippen molar-refractivity contribution in [3.63, 3.8) is 0 Å². The smallest absolute Gasteiger partial charge is 0.341 e. The van der Waals surface area contributed by atoms with Gasteiger partial charge in [-0.2, -0.15) is 0 Å². The third kappa shape index (κ3) is 5.22. The molecule has 1 aliphatic rings. The van der Waals surface area contributed by atoms with Gasteiger partial charge in [-0.1, -0.05) is 44.2 Å². The summed E-state index contributed by atoms with van der Waals surface area (Å²) < 4.78 is 5.34. The molecule has 0 unspecified atom stereocenters. The van der Waals surface area contributed by atoms with E-state index in [2.05, 4.69) is 4.99 Å². The number of hydrogen-bond donors (Lipinski definition) is 0. The molecule has 0 bridgehead atoms. The SMILES string of the molecule is CCOC(=O)c1c(N=CN(C)C)sc(C=C2C(=O)CC(C)(C)CC2=O)c1-c1ccccc1. The number of carbonyl (C=O) groups is 3. The Morgan fingerprint density at radius 1 is 1.16 bits per heavy atom. The molecule has 1 aromatic carbocycles. The van der Waals surface area contributed by atoms with Gasteiger partial charge in [-0.05, 0) is 24.0 Å². The molecule has 0 radical (unpaired) electrons. The standard InChI is InChI=1S/C25H28N2O4S/c1-6-31-24(30)22-21(16-10-8-7-9-11-16)20(32-23(22)26-15-27(4)5)12-17-18(28)13-25(2,3)14-19(17)29/h7-12,15H,6,13-14H2,1-5H3. The molecule has 0 spiro atoms. The van der Waals surface area contributed by atoms with E-state index in [1.807, 2.05) is 58.3 Å². The molecule has 0 atom stereocenters. The number of ether oxygens (including phenoxy) is 1. The molecule has 32 heavy (non-hydrogen) atoms. The average Bonchev–Trinajstić information content (AvgIpc) is 3.07. The van der Waals surface area contributed by atoms with Crippen molar-refractivity contribution in [1.82, 2.24) is 4.90 Å². The van der Waals surface area contributed by atoms with Crippen molar-refractivity contribution >= 4 is 46.3 Å². The quantitative estimate of drug-likeness (QED) is 0.199. The summed E-state index contributed by atoms with van der Waals surface area (Å²) in [4.78, 5) is 45.5. The highest BCUT2D eigenvalue weighted by Crippen LogP contribution is 2.44. The Hall–Kier alpha value is -3.06. The number of allylic oxidation sites excluding steroid dienone is 1. The lowest BCUT2D eigenvalue weighted by Crippen LogP contribution is -2.31. The first-order valence-electron chi connectivity index (χ1n) is 10.5. The van der Waals surface area contributed by atoms with Crippen molar-refractivity contribution < 1.29 is 19.1 Å². The van der Waals surface area contributed by atoms with Crippen LogP contribution in [0.2, 0.25) is 0 Å². The topological polar surface area (TPSA) is 76.0 Å². The lowest BCUT2D eigenvalue weighted by Gasteiger charge is -2.28. The van der Waals surface area contributed by atoms with Gasteiger partial charge in [0, 0.05) is 37.4 Å². The van der Waals surface area contributed by atoms with Gasteiger partial charge in [0.2, 0.25) is 0 Å². The number of hydrogen-bond acceptors (Lipinski definition) is 6. The molecule has 1 aliphatic carbocycles. The summed E-state index contributed by atoms with van der Waals surface area (Å²) in [6, 6.07) is 9.42. The van der Waals surface area contributed by atoms with Gasteiger partial charge in [0.1, 0.15) is 10.6 Å². The zero-order valence-corrected chi connectivity index (χ0v) is 19.9. The Bertz CT molecular complexity index is 1070. The van der Waals surface area contributed by atoms with Crippen LogP contribution in [0.4, 0.5) is 5.00 Å². The maximum atomic E-state index is 13.0. The minimum absolute atomic E-state index is 0.172. The number of aliphatic imine (C=N–C) groups is 1. The number of Topliss-reactive ketones (excluding diaryl/α,β-unsaturated/α-hetero) is 2. The van der Waals surface area contributed by atoms with Gasteiger partial charge < -0.3 is 9.64 Å². The molecule has 1 saturated carbocycles. The first-order chi connectivity index (χ1) is 15.1. The zero-order valence-electron chi connectivity index (χ0n) is 19.1. The Balaban J connectivity index is 2.25. The van der Waals surface area contributed by atoms with Gasteiger partial charge in [-0.15, -0.1) is 11.3 Å². The van der Waals surface area contributed by atoms with Crippen LogP contribution in [0.1, 0.15) is 48.8 Å². The van der Waals surface area contributed by atoms with Crippen molar-refractivity contribution in [3.05, 3.63) is 46.3 Å². The molecular weight excluding hydrogens is 424 g/mol. The highest BCUT2D eigenvalue weighted by molar-refractivity contribution is 7.17. The van der Waals surface area contributed by atoms with Crippen LogP contribution < -0.4 is 0 Å². The van der Waals surface area contributed by atoms with Gasteiger partial charge in [-0.25, -0.2) is 9.79 Å². The molecule has 1 fully saturated rings. The molecule has 2 aromatic rings. The fourth-order valence-electron chi connectivity index (χ4n) is 3.65. The molecule has 0 saturated heterocycles. The number of benzene rings is 1. The van der Waals surface area contributed by atoms with Crippen molar-refractivity contribution in [1.29, 1.82) is 0 Å². The minimum atomic E-state index is -0.486. The molecule has 168 valence electrons. The summed E-state index contributed by atoms with van der Waals surface area (Å²) in [6.07, 6.45) is 3.87. The number of esters is 1. The second-order valence-corrected chi connectivity index (χ2v) is 9.77. The zero-order chi connectivity index (χ0) is 23.5. The van der Waals surface area contributed by atoms with E-state index >= 15 is 0 Å². The van der Waals surface area contributed by atoms with Crippen molar-refractivity contribution in [3.8, 4) is 11.1 Å². The Morgan fingerprint density at radius 3 is 2.34 bits per heavy atom. The predicted molar refractivity (Wildman–Crippen MR) is 129 cm³/mol. The summed E-state index contributed by atoms with van der Waals surface area (Å²) in [7, 11) is 3.67. The lowest BCUT2D eigenvalue weighted by molar-refractivity contribution is -0.127. The van der Waals surface area contributed by atoms with Crippen LogP contribution in [0.25, 0.3) is 17.2 Å². The minimum Gasteiger partial charge on any atom is -0.462 e. The van der Waals surface area contributed by atoms with Gasteiger partial charge in [-0.3, -0.25) is 9.59 Å². The Morgan fingerprint density at radius 2 is 1.78 bits per heavy atom. The molecule has 0 amide bonds. The lowest BCUT2D eigenvalue weighted by atomic mass is 9.74. The normalized spacial score (nSPS) is 15.8. The van der Waals surface area contributed by atoms with E-state index in [1.54, 1.807) is 24.2 Å². The highest BCUT2D eigenvalue weighted by atomic mass is 32.1. The number of ketones is 2. The fourth-order valence-corrected chi connectivity index (χ4v) is 4.75. The Labute approximate surface area is 192 Å². The van der Waals surface area contributed by atoms with E-state index in [0.29, 0.717) is 33.8 Å².